The number of fused-ring (bicyclic) bond motifs is 2. The van der Waals surface area contributed by atoms with E-state index in [2.05, 4.69) is 25.7 Å². The molecule has 0 N–H and O–H groups in total. The highest BCUT2D eigenvalue weighted by Crippen LogP contribution is 2.53. The Balaban J connectivity index is 1.59. The van der Waals surface area contributed by atoms with Crippen molar-refractivity contribution in [2.45, 2.75) is 65.5 Å². The van der Waals surface area contributed by atoms with Gasteiger partial charge < -0.3 is 0 Å². The van der Waals surface area contributed by atoms with E-state index in [-0.39, 0.29) is 23.3 Å². The van der Waals surface area contributed by atoms with Crippen LogP contribution in [-0.2, 0) is 9.59 Å². The van der Waals surface area contributed by atoms with Gasteiger partial charge in [0.1, 0.15) is 0 Å². The molecule has 3 atom stereocenters. The molecule has 0 radical (unpaired) electrons. The van der Waals surface area contributed by atoms with Crippen LogP contribution in [0.25, 0.3) is 0 Å². The van der Waals surface area contributed by atoms with Crippen LogP contribution in [0.2, 0.25) is 0 Å². The van der Waals surface area contributed by atoms with Crippen molar-refractivity contribution in [3.05, 3.63) is 29.8 Å². The molecule has 4 heteroatoms. The van der Waals surface area contributed by atoms with E-state index in [0.717, 1.165) is 24.9 Å². The number of likely N-dealkylation sites (tertiary alicyclic amines) is 1. The number of benzene rings is 1. The monoisotopic (exact) mass is 340 g/mol. The van der Waals surface area contributed by atoms with E-state index in [4.69, 9.17) is 0 Å². The molecule has 2 aliphatic heterocycles. The Hall–Kier alpha value is -1.68. The maximum absolute atomic E-state index is 13.1. The highest BCUT2D eigenvalue weighted by atomic mass is 16.2. The lowest BCUT2D eigenvalue weighted by Gasteiger charge is -2.40. The molecule has 4 nitrogen and oxygen atoms in total. The zero-order valence-electron chi connectivity index (χ0n) is 15.7. The van der Waals surface area contributed by atoms with Gasteiger partial charge in [-0.15, -0.1) is 0 Å². The van der Waals surface area contributed by atoms with Crippen molar-refractivity contribution in [1.29, 1.82) is 0 Å². The fourth-order valence-corrected chi connectivity index (χ4v) is 5.71. The van der Waals surface area contributed by atoms with Gasteiger partial charge in [0.05, 0.1) is 18.2 Å². The van der Waals surface area contributed by atoms with Gasteiger partial charge >= 0.3 is 0 Å². The largest absolute Gasteiger partial charge is 0.288 e. The quantitative estimate of drug-likeness (QED) is 0.773. The second kappa shape index (κ2) is 5.41. The van der Waals surface area contributed by atoms with Crippen molar-refractivity contribution in [3.63, 3.8) is 0 Å². The average Bonchev–Trinajstić information content (AvgIpc) is 2.92. The zero-order chi connectivity index (χ0) is 18.0. The van der Waals surface area contributed by atoms with Crippen LogP contribution in [0.15, 0.2) is 24.3 Å². The molecule has 0 spiro atoms. The third-order valence-electron chi connectivity index (χ3n) is 6.27. The van der Waals surface area contributed by atoms with E-state index in [0.29, 0.717) is 23.6 Å². The fourth-order valence-electron chi connectivity index (χ4n) is 5.71. The van der Waals surface area contributed by atoms with Crippen LogP contribution in [-0.4, -0.2) is 35.3 Å². The lowest BCUT2D eigenvalue weighted by molar-refractivity contribution is -0.123. The maximum Gasteiger partial charge on any atom is 0.251 e. The Kier molecular flexibility index (Phi) is 3.63. The van der Waals surface area contributed by atoms with E-state index >= 15 is 0 Å². The third-order valence-corrected chi connectivity index (χ3v) is 6.27. The molecule has 2 amide bonds. The summed E-state index contributed by atoms with van der Waals surface area (Å²) in [6, 6.07) is 7.80. The first-order valence-electron chi connectivity index (χ1n) is 9.37. The van der Waals surface area contributed by atoms with E-state index < -0.39 is 0 Å². The number of rotatable bonds is 2. The summed E-state index contributed by atoms with van der Waals surface area (Å²) in [4.78, 5) is 29.5. The molecule has 25 heavy (non-hydrogen) atoms. The zero-order valence-corrected chi connectivity index (χ0v) is 15.7. The van der Waals surface area contributed by atoms with Gasteiger partial charge in [-0.2, -0.15) is 0 Å². The minimum Gasteiger partial charge on any atom is -0.288 e. The number of hydrogen-bond donors (Lipinski definition) is 0. The topological polar surface area (TPSA) is 40.6 Å². The summed E-state index contributed by atoms with van der Waals surface area (Å²) >= 11 is 0. The summed E-state index contributed by atoms with van der Waals surface area (Å²) in [7, 11) is 0. The first-order chi connectivity index (χ1) is 11.7. The van der Waals surface area contributed by atoms with Crippen molar-refractivity contribution < 1.29 is 9.59 Å². The lowest BCUT2D eigenvalue weighted by Crippen LogP contribution is -2.45. The van der Waals surface area contributed by atoms with Gasteiger partial charge in [0.2, 0.25) is 5.91 Å². The van der Waals surface area contributed by atoms with Crippen molar-refractivity contribution in [3.8, 4) is 0 Å². The molecule has 0 unspecified atom stereocenters. The van der Waals surface area contributed by atoms with Crippen molar-refractivity contribution >= 4 is 17.5 Å². The molecule has 1 aromatic rings. The third kappa shape index (κ3) is 2.80. The summed E-state index contributed by atoms with van der Waals surface area (Å²) in [6.07, 6.45) is 3.78. The number of carbonyl (C=O) groups excluding carboxylic acids is 2. The van der Waals surface area contributed by atoms with E-state index in [9.17, 15) is 9.59 Å². The molecule has 2 saturated heterocycles. The maximum atomic E-state index is 13.1. The molecule has 4 rings (SSSR count). The Bertz CT molecular complexity index is 724. The number of aryl methyl sites for hydroxylation is 1. The van der Waals surface area contributed by atoms with Gasteiger partial charge in [0, 0.05) is 12.6 Å². The van der Waals surface area contributed by atoms with Crippen LogP contribution in [0.1, 0.15) is 52.0 Å². The minimum atomic E-state index is -0.283. The summed E-state index contributed by atoms with van der Waals surface area (Å²) in [5, 5.41) is 0. The number of anilines is 1. The lowest BCUT2D eigenvalue weighted by atomic mass is 9.65. The second-order valence-corrected chi connectivity index (χ2v) is 9.51. The summed E-state index contributed by atoms with van der Waals surface area (Å²) in [5.41, 5.74) is 2.42. The van der Waals surface area contributed by atoms with Crippen LogP contribution in [0.4, 0.5) is 5.69 Å². The van der Waals surface area contributed by atoms with E-state index in [1.54, 1.807) is 0 Å². The predicted octanol–water partition coefficient (Wildman–Crippen LogP) is 3.53. The van der Waals surface area contributed by atoms with Gasteiger partial charge in [-0.1, -0.05) is 38.5 Å². The van der Waals surface area contributed by atoms with Gasteiger partial charge in [0.15, 0.2) is 0 Å². The summed E-state index contributed by atoms with van der Waals surface area (Å²) in [6.45, 7) is 9.96. The smallest absolute Gasteiger partial charge is 0.251 e. The van der Waals surface area contributed by atoms with Gasteiger partial charge in [0.25, 0.3) is 5.91 Å². The predicted molar refractivity (Wildman–Crippen MR) is 98.3 cm³/mol. The van der Waals surface area contributed by atoms with Crippen LogP contribution < -0.4 is 4.90 Å². The van der Waals surface area contributed by atoms with Gasteiger partial charge in [-0.25, -0.2) is 4.90 Å². The Morgan fingerprint density at radius 2 is 1.72 bits per heavy atom. The van der Waals surface area contributed by atoms with Crippen molar-refractivity contribution in [1.82, 2.24) is 4.90 Å². The molecule has 1 saturated carbocycles. The number of imide groups is 1. The Labute approximate surface area is 150 Å². The van der Waals surface area contributed by atoms with Gasteiger partial charge in [-0.3, -0.25) is 14.5 Å². The highest BCUT2D eigenvalue weighted by molar-refractivity contribution is 6.22. The van der Waals surface area contributed by atoms with Crippen LogP contribution in [0.5, 0.6) is 0 Å². The van der Waals surface area contributed by atoms with Crippen LogP contribution in [0, 0.1) is 17.8 Å². The van der Waals surface area contributed by atoms with E-state index in [1.165, 1.54) is 11.3 Å². The normalized spacial score (nSPS) is 34.8. The molecule has 3 aliphatic rings. The number of hydrogen-bond acceptors (Lipinski definition) is 3. The summed E-state index contributed by atoms with van der Waals surface area (Å²) in [5.74, 6) is -0.104. The van der Waals surface area contributed by atoms with Crippen molar-refractivity contribution in [2.24, 2.45) is 10.8 Å². The molecule has 2 heterocycles. The Morgan fingerprint density at radius 1 is 1.04 bits per heavy atom. The molecular weight excluding hydrogens is 312 g/mol. The van der Waals surface area contributed by atoms with Gasteiger partial charge in [-0.05, 0) is 49.1 Å². The number of nitrogens with zero attached hydrogens (tertiary/aromatic N) is 2. The molecule has 134 valence electrons. The molecule has 2 bridgehead atoms. The standard InChI is InChI=1S/C21H28N2O2/c1-14-5-7-15(8-6-14)23-18(24)9-17(19(23)25)22-13-21(4)11-16(22)10-20(2,3)12-21/h5-8,16-17H,9-13H2,1-4H3/t16-,17-,21+/m0/s1. The SMILES string of the molecule is Cc1ccc(N2C(=O)C[C@H](N3C[C@]4(C)C[C@@H]3CC(C)(C)C4)C2=O)cc1. The second-order valence-electron chi connectivity index (χ2n) is 9.51. The van der Waals surface area contributed by atoms with Crippen LogP contribution in [0.3, 0.4) is 0 Å². The molecule has 0 aromatic heterocycles. The van der Waals surface area contributed by atoms with E-state index in [1.807, 2.05) is 31.2 Å². The van der Waals surface area contributed by atoms with Crippen molar-refractivity contribution in [2.75, 3.05) is 11.4 Å². The minimum absolute atomic E-state index is 0.0391. The first-order valence-corrected chi connectivity index (χ1v) is 9.37. The average molecular weight is 340 g/mol. The highest BCUT2D eigenvalue weighted by Gasteiger charge is 2.54. The molecule has 3 fully saturated rings. The number of amides is 2. The fraction of sp³-hybridized carbons (Fsp3) is 0.619. The van der Waals surface area contributed by atoms with Crippen LogP contribution >= 0.6 is 0 Å². The first kappa shape index (κ1) is 16.8. The Morgan fingerprint density at radius 3 is 2.40 bits per heavy atom. The molecular formula is C21H28N2O2. The summed E-state index contributed by atoms with van der Waals surface area (Å²) < 4.78 is 0. The number of carbonyl (C=O) groups is 2. The molecule has 1 aliphatic carbocycles. The molecule has 1 aromatic carbocycles.